The lowest BCUT2D eigenvalue weighted by Crippen LogP contribution is -2.49. The number of nitrogens with zero attached hydrogens (tertiary/aromatic N) is 5. The van der Waals surface area contributed by atoms with Gasteiger partial charge in [0.05, 0.1) is 19.4 Å². The Morgan fingerprint density at radius 3 is 2.35 bits per heavy atom. The summed E-state index contributed by atoms with van der Waals surface area (Å²) >= 11 is 0. The highest BCUT2D eigenvalue weighted by atomic mass is 19.1. The number of imide groups is 1. The number of amides is 3. The van der Waals surface area contributed by atoms with Crippen LogP contribution in [0.4, 0.5) is 30.9 Å². The van der Waals surface area contributed by atoms with E-state index in [1.807, 2.05) is 41.3 Å². The number of anilines is 3. The molecule has 3 amide bonds. The third kappa shape index (κ3) is 9.47. The van der Waals surface area contributed by atoms with Crippen LogP contribution in [0.25, 0.3) is 11.3 Å². The van der Waals surface area contributed by atoms with Crippen LogP contribution in [0.5, 0.6) is 0 Å². The van der Waals surface area contributed by atoms with E-state index in [2.05, 4.69) is 35.7 Å². The van der Waals surface area contributed by atoms with E-state index in [4.69, 9.17) is 9.47 Å². The molecule has 8 rings (SSSR count). The topological polar surface area (TPSA) is 141 Å². The minimum atomic E-state index is -0.552. The highest BCUT2D eigenvalue weighted by molar-refractivity contribution is 6.01. The fourth-order valence-corrected chi connectivity index (χ4v) is 9.00. The number of carbonyl (C=O) groups excluding carboxylic acids is 3. The van der Waals surface area contributed by atoms with Crippen LogP contribution in [0.15, 0.2) is 48.7 Å². The molecule has 2 aromatic carbocycles. The minimum absolute atomic E-state index is 0.0932. The van der Waals surface area contributed by atoms with E-state index >= 15 is 4.39 Å². The number of likely N-dealkylation sites (tertiary alicyclic amines) is 2. The third-order valence-corrected chi connectivity index (χ3v) is 12.3. The van der Waals surface area contributed by atoms with Gasteiger partial charge in [-0.3, -0.25) is 14.9 Å². The van der Waals surface area contributed by atoms with Crippen LogP contribution in [0.1, 0.15) is 75.7 Å². The fraction of sp³-hybridized carbons (Fsp3) is 0.548. The number of piperidine rings is 3. The number of benzene rings is 2. The van der Waals surface area contributed by atoms with Crippen LogP contribution >= 0.6 is 0 Å². The third-order valence-electron chi connectivity index (χ3n) is 12.3. The number of halogens is 2. The van der Waals surface area contributed by atoms with Crippen molar-refractivity contribution >= 4 is 35.2 Å². The largest absolute Gasteiger partial charge is 0.446 e. The van der Waals surface area contributed by atoms with E-state index in [0.717, 1.165) is 83.2 Å². The van der Waals surface area contributed by atoms with Crippen molar-refractivity contribution in [2.24, 2.45) is 0 Å². The number of hydrogen-bond donors (Lipinski definition) is 3. The van der Waals surface area contributed by atoms with Gasteiger partial charge in [-0.2, -0.15) is 0 Å². The van der Waals surface area contributed by atoms with E-state index in [0.29, 0.717) is 61.5 Å². The molecular weight excluding hydrogens is 735 g/mol. The molecule has 0 bridgehead atoms. The van der Waals surface area contributed by atoms with Crippen molar-refractivity contribution in [3.63, 3.8) is 0 Å². The second kappa shape index (κ2) is 17.7. The van der Waals surface area contributed by atoms with Gasteiger partial charge in [-0.15, -0.1) is 0 Å². The molecular formula is C42H52F2N8O5. The summed E-state index contributed by atoms with van der Waals surface area (Å²) in [7, 11) is 0. The fourth-order valence-electron chi connectivity index (χ4n) is 9.00. The maximum atomic E-state index is 15.2. The number of ether oxygens (including phenoxy) is 2. The predicted octanol–water partition coefficient (Wildman–Crippen LogP) is 5.68. The van der Waals surface area contributed by atoms with Crippen molar-refractivity contribution in [3.8, 4) is 11.3 Å². The maximum Gasteiger partial charge on any atom is 0.410 e. The van der Waals surface area contributed by atoms with Gasteiger partial charge in [0.2, 0.25) is 17.8 Å². The van der Waals surface area contributed by atoms with E-state index in [9.17, 15) is 18.8 Å². The summed E-state index contributed by atoms with van der Waals surface area (Å²) in [5, 5.41) is 8.77. The maximum absolute atomic E-state index is 15.2. The van der Waals surface area contributed by atoms with Crippen LogP contribution in [-0.2, 0) is 19.1 Å². The van der Waals surface area contributed by atoms with Gasteiger partial charge in [-0.05, 0) is 107 Å². The van der Waals surface area contributed by atoms with E-state index in [-0.39, 0.29) is 53.9 Å². The Hall–Kier alpha value is -4.89. The minimum Gasteiger partial charge on any atom is -0.446 e. The van der Waals surface area contributed by atoms with E-state index in [1.165, 1.54) is 12.3 Å². The lowest BCUT2D eigenvalue weighted by atomic mass is 9.87. The number of rotatable bonds is 9. The van der Waals surface area contributed by atoms with Gasteiger partial charge < -0.3 is 34.8 Å². The molecule has 0 radical (unpaired) electrons. The van der Waals surface area contributed by atoms with E-state index in [1.54, 1.807) is 0 Å². The summed E-state index contributed by atoms with van der Waals surface area (Å²) < 4.78 is 41.6. The van der Waals surface area contributed by atoms with Gasteiger partial charge in [0, 0.05) is 61.6 Å². The highest BCUT2D eigenvalue weighted by Gasteiger charge is 2.33. The summed E-state index contributed by atoms with van der Waals surface area (Å²) in [6.07, 6.45) is 7.96. The standard InChI is InChI=1S/C42H52F2N8O5/c43-35-25-30(46-37-10-11-38(53)48-40(37)54)6-9-34(35)27-12-16-50(17-13-27)31-14-18-52(19-15-31)42(55)57-33-7-4-29(5-8-33)47-41-45-26-36(44)39(49-41)28-2-1-3-32(24-28)51-20-22-56-23-21-51/h1-3,6,9,24-27,29,31,33,37,46H,4-5,7-8,10-23H2,(H,45,47,49)(H,48,53,54). The quantitative estimate of drug-likeness (QED) is 0.231. The molecule has 1 aliphatic carbocycles. The van der Waals surface area contributed by atoms with Crippen molar-refractivity contribution in [2.75, 3.05) is 68.0 Å². The molecule has 3 N–H and O–H groups in total. The van der Waals surface area contributed by atoms with Gasteiger partial charge in [-0.25, -0.2) is 23.5 Å². The molecule has 5 heterocycles. The lowest BCUT2D eigenvalue weighted by molar-refractivity contribution is -0.133. The Balaban J connectivity index is 0.750. The summed E-state index contributed by atoms with van der Waals surface area (Å²) in [4.78, 5) is 52.1. The number of morpholine rings is 1. The van der Waals surface area contributed by atoms with Crippen molar-refractivity contribution in [1.82, 2.24) is 25.1 Å². The number of nitrogens with one attached hydrogen (secondary N) is 3. The van der Waals surface area contributed by atoms with Gasteiger partial charge >= 0.3 is 6.09 Å². The summed E-state index contributed by atoms with van der Waals surface area (Å²) in [6.45, 7) is 5.97. The smallest absolute Gasteiger partial charge is 0.410 e. The van der Waals surface area contributed by atoms with Crippen molar-refractivity contribution in [1.29, 1.82) is 0 Å². The van der Waals surface area contributed by atoms with Crippen molar-refractivity contribution < 1.29 is 32.6 Å². The van der Waals surface area contributed by atoms with Crippen LogP contribution in [0, 0.1) is 11.6 Å². The van der Waals surface area contributed by atoms with Gasteiger partial charge in [0.25, 0.3) is 0 Å². The number of aromatic nitrogens is 2. The zero-order valence-electron chi connectivity index (χ0n) is 32.3. The Bertz CT molecular complexity index is 1910. The first-order valence-electron chi connectivity index (χ1n) is 20.6. The van der Waals surface area contributed by atoms with Crippen molar-refractivity contribution in [2.45, 2.75) is 94.4 Å². The predicted molar refractivity (Wildman–Crippen MR) is 211 cm³/mol. The molecule has 4 aliphatic heterocycles. The first-order chi connectivity index (χ1) is 27.8. The summed E-state index contributed by atoms with van der Waals surface area (Å²) in [5.74, 6) is -0.900. The van der Waals surface area contributed by atoms with Crippen molar-refractivity contribution in [3.05, 3.63) is 65.9 Å². The monoisotopic (exact) mass is 786 g/mol. The average molecular weight is 787 g/mol. The molecule has 1 unspecified atom stereocenters. The van der Waals surface area contributed by atoms with Gasteiger partial charge in [-0.1, -0.05) is 18.2 Å². The Kier molecular flexibility index (Phi) is 12.1. The molecule has 4 saturated heterocycles. The van der Waals surface area contributed by atoms with Gasteiger partial charge in [0.1, 0.15) is 23.7 Å². The highest BCUT2D eigenvalue weighted by Crippen LogP contribution is 2.34. The first-order valence-corrected chi connectivity index (χ1v) is 20.6. The summed E-state index contributed by atoms with van der Waals surface area (Å²) in [6, 6.07) is 12.8. The molecule has 13 nitrogen and oxygen atoms in total. The van der Waals surface area contributed by atoms with Crippen LogP contribution < -0.4 is 20.9 Å². The zero-order chi connectivity index (χ0) is 39.3. The molecule has 5 aliphatic rings. The second-order valence-corrected chi connectivity index (χ2v) is 16.0. The average Bonchev–Trinajstić information content (AvgIpc) is 3.24. The Labute approximate surface area is 331 Å². The van der Waals surface area contributed by atoms with Crippen LogP contribution in [-0.4, -0.2) is 114 Å². The number of carbonyl (C=O) groups is 3. The Morgan fingerprint density at radius 1 is 0.842 bits per heavy atom. The molecule has 15 heteroatoms. The summed E-state index contributed by atoms with van der Waals surface area (Å²) in [5.41, 5.74) is 3.21. The van der Waals surface area contributed by atoms with Gasteiger partial charge in [0.15, 0.2) is 5.82 Å². The number of hydrogen-bond acceptors (Lipinski definition) is 11. The Morgan fingerprint density at radius 2 is 1.61 bits per heavy atom. The molecule has 1 saturated carbocycles. The van der Waals surface area contributed by atoms with E-state index < -0.39 is 11.9 Å². The molecule has 3 aromatic rings. The molecule has 1 aromatic heterocycles. The van der Waals surface area contributed by atoms with Crippen LogP contribution in [0.2, 0.25) is 0 Å². The zero-order valence-corrected chi connectivity index (χ0v) is 32.3. The van der Waals surface area contributed by atoms with Crippen LogP contribution in [0.3, 0.4) is 0 Å². The molecule has 1 atom stereocenters. The lowest BCUT2D eigenvalue weighted by Gasteiger charge is -2.42. The normalized spacial score (nSPS) is 24.2. The second-order valence-electron chi connectivity index (χ2n) is 16.0. The first kappa shape index (κ1) is 39.0. The molecule has 0 spiro atoms. The molecule has 5 fully saturated rings. The molecule has 57 heavy (non-hydrogen) atoms. The molecule has 304 valence electrons. The SMILES string of the molecule is O=C1CCC(Nc2ccc(C3CCN(C4CCN(C(=O)OC5CCC(Nc6ncc(F)c(-c7cccc(N8CCOCC8)c7)n6)CC5)CC4)CC3)c(F)c2)C(=O)N1.